The monoisotopic (exact) mass is 328 g/mol. The minimum absolute atomic E-state index is 0.170. The smallest absolute Gasteiger partial charge is 0.138 e. The molecule has 0 aromatic heterocycles. The van der Waals surface area contributed by atoms with Crippen molar-refractivity contribution in [3.05, 3.63) is 27.7 Å². The zero-order valence-electron chi connectivity index (χ0n) is 12.1. The van der Waals surface area contributed by atoms with Crippen molar-refractivity contribution in [3.8, 4) is 5.75 Å². The predicted molar refractivity (Wildman–Crippen MR) is 87.2 cm³/mol. The number of aromatic hydroxyl groups is 1. The number of phenolic OH excluding ortho intramolecular Hbond substituents is 1. The van der Waals surface area contributed by atoms with Crippen LogP contribution in [0, 0.1) is 0 Å². The van der Waals surface area contributed by atoms with Gasteiger partial charge in [-0.1, -0.05) is 29.6 Å². The van der Waals surface area contributed by atoms with E-state index in [2.05, 4.69) is 10.2 Å². The van der Waals surface area contributed by atoms with E-state index in [1.807, 2.05) is 6.07 Å². The number of rotatable bonds is 5. The summed E-state index contributed by atoms with van der Waals surface area (Å²) in [6.45, 7) is 2.88. The van der Waals surface area contributed by atoms with E-state index in [0.717, 1.165) is 25.2 Å². The highest BCUT2D eigenvalue weighted by Gasteiger charge is 2.31. The van der Waals surface area contributed by atoms with Gasteiger partial charge in [0.1, 0.15) is 5.75 Å². The molecule has 2 aliphatic rings. The lowest BCUT2D eigenvalue weighted by atomic mass is 10.0. The number of benzene rings is 1. The van der Waals surface area contributed by atoms with Gasteiger partial charge in [0, 0.05) is 35.8 Å². The van der Waals surface area contributed by atoms with Crippen molar-refractivity contribution in [2.75, 3.05) is 13.1 Å². The third kappa shape index (κ3) is 4.04. The van der Waals surface area contributed by atoms with Crippen LogP contribution < -0.4 is 5.32 Å². The van der Waals surface area contributed by atoms with Crippen LogP contribution >= 0.6 is 23.2 Å². The van der Waals surface area contributed by atoms with E-state index in [1.165, 1.54) is 32.1 Å². The molecule has 1 heterocycles. The molecule has 1 saturated heterocycles. The van der Waals surface area contributed by atoms with Gasteiger partial charge < -0.3 is 10.4 Å². The first-order valence-electron chi connectivity index (χ1n) is 7.78. The van der Waals surface area contributed by atoms with E-state index in [-0.39, 0.29) is 5.75 Å². The minimum Gasteiger partial charge on any atom is -0.506 e. The first-order valence-corrected chi connectivity index (χ1v) is 8.53. The first-order chi connectivity index (χ1) is 10.1. The second kappa shape index (κ2) is 6.74. The fourth-order valence-electron chi connectivity index (χ4n) is 3.10. The molecule has 116 valence electrons. The normalized spacial score (nSPS) is 22.7. The second-order valence-corrected chi connectivity index (χ2v) is 7.05. The van der Waals surface area contributed by atoms with Crippen LogP contribution in [0.25, 0.3) is 0 Å². The van der Waals surface area contributed by atoms with Crippen LogP contribution in [0.15, 0.2) is 12.1 Å². The fourth-order valence-corrected chi connectivity index (χ4v) is 3.64. The van der Waals surface area contributed by atoms with Gasteiger partial charge in [0.25, 0.3) is 0 Å². The summed E-state index contributed by atoms with van der Waals surface area (Å²) in [5.41, 5.74) is 0.829. The van der Waals surface area contributed by atoms with Gasteiger partial charge in [0.15, 0.2) is 0 Å². The summed E-state index contributed by atoms with van der Waals surface area (Å²) in [7, 11) is 0. The Labute approximate surface area is 136 Å². The summed E-state index contributed by atoms with van der Waals surface area (Å²) >= 11 is 12.1. The van der Waals surface area contributed by atoms with Gasteiger partial charge in [0.2, 0.25) is 0 Å². The topological polar surface area (TPSA) is 35.5 Å². The predicted octanol–water partition coefficient (Wildman–Crippen LogP) is 3.81. The third-order valence-electron chi connectivity index (χ3n) is 4.41. The van der Waals surface area contributed by atoms with Gasteiger partial charge in [-0.25, -0.2) is 0 Å². The average Bonchev–Trinajstić information content (AvgIpc) is 3.29. The van der Waals surface area contributed by atoms with E-state index in [4.69, 9.17) is 23.2 Å². The van der Waals surface area contributed by atoms with Crippen molar-refractivity contribution in [1.29, 1.82) is 0 Å². The van der Waals surface area contributed by atoms with Gasteiger partial charge in [-0.15, -0.1) is 0 Å². The Kier molecular flexibility index (Phi) is 4.95. The zero-order valence-corrected chi connectivity index (χ0v) is 13.6. The lowest BCUT2D eigenvalue weighted by molar-refractivity contribution is 0.206. The molecule has 3 rings (SSSR count). The van der Waals surface area contributed by atoms with E-state index < -0.39 is 0 Å². The molecule has 1 aliphatic heterocycles. The van der Waals surface area contributed by atoms with Crippen LogP contribution in [-0.4, -0.2) is 35.2 Å². The molecule has 0 radical (unpaired) electrons. The molecule has 21 heavy (non-hydrogen) atoms. The number of piperidine rings is 1. The van der Waals surface area contributed by atoms with Crippen LogP contribution in [0.2, 0.25) is 10.0 Å². The lowest BCUT2D eigenvalue weighted by Crippen LogP contribution is -2.44. The third-order valence-corrected chi connectivity index (χ3v) is 4.92. The quantitative estimate of drug-likeness (QED) is 0.862. The maximum absolute atomic E-state index is 10.1. The number of hydrogen-bond acceptors (Lipinski definition) is 3. The van der Waals surface area contributed by atoms with Crippen LogP contribution in [0.1, 0.15) is 37.7 Å². The van der Waals surface area contributed by atoms with Crippen molar-refractivity contribution >= 4 is 23.2 Å². The van der Waals surface area contributed by atoms with Gasteiger partial charge in [-0.2, -0.15) is 0 Å². The Hall–Kier alpha value is -0.480. The summed E-state index contributed by atoms with van der Waals surface area (Å²) in [5, 5.41) is 14.7. The molecule has 1 saturated carbocycles. The molecular formula is C16H22Cl2N2O. The van der Waals surface area contributed by atoms with Gasteiger partial charge in [-0.05, 0) is 44.4 Å². The highest BCUT2D eigenvalue weighted by Crippen LogP contribution is 2.35. The SMILES string of the molecule is Oc1c(Cl)cc(Cl)cc1CN(CC1CCCCN1)C1CC1. The summed E-state index contributed by atoms with van der Waals surface area (Å²) < 4.78 is 0. The van der Waals surface area contributed by atoms with Gasteiger partial charge in [0.05, 0.1) is 5.02 Å². The maximum Gasteiger partial charge on any atom is 0.138 e. The van der Waals surface area contributed by atoms with Gasteiger partial charge >= 0.3 is 0 Å². The maximum atomic E-state index is 10.1. The Balaban J connectivity index is 1.70. The van der Waals surface area contributed by atoms with Crippen LogP contribution in [0.5, 0.6) is 5.75 Å². The molecule has 5 heteroatoms. The molecule has 0 bridgehead atoms. The number of nitrogens with one attached hydrogen (secondary N) is 1. The zero-order chi connectivity index (χ0) is 14.8. The van der Waals surface area contributed by atoms with Crippen molar-refractivity contribution in [3.63, 3.8) is 0 Å². The highest BCUT2D eigenvalue weighted by molar-refractivity contribution is 6.35. The molecule has 3 nitrogen and oxygen atoms in total. The Morgan fingerprint density at radius 2 is 2.00 bits per heavy atom. The Bertz CT molecular complexity index is 499. The van der Waals surface area contributed by atoms with Crippen LogP contribution in [-0.2, 0) is 6.54 Å². The summed E-state index contributed by atoms with van der Waals surface area (Å²) in [5.74, 6) is 0.170. The summed E-state index contributed by atoms with van der Waals surface area (Å²) in [6.07, 6.45) is 6.34. The molecule has 1 atom stereocenters. The summed E-state index contributed by atoms with van der Waals surface area (Å²) in [4.78, 5) is 2.46. The second-order valence-electron chi connectivity index (χ2n) is 6.20. The first kappa shape index (κ1) is 15.4. The fraction of sp³-hybridized carbons (Fsp3) is 0.625. The van der Waals surface area contributed by atoms with E-state index in [0.29, 0.717) is 22.1 Å². The van der Waals surface area contributed by atoms with E-state index >= 15 is 0 Å². The Morgan fingerprint density at radius 3 is 2.67 bits per heavy atom. The molecule has 0 spiro atoms. The van der Waals surface area contributed by atoms with Crippen molar-refractivity contribution < 1.29 is 5.11 Å². The summed E-state index contributed by atoms with van der Waals surface area (Å²) in [6, 6.07) is 4.63. The minimum atomic E-state index is 0.170. The highest BCUT2D eigenvalue weighted by atomic mass is 35.5. The largest absolute Gasteiger partial charge is 0.506 e. The molecule has 2 fully saturated rings. The van der Waals surface area contributed by atoms with Crippen molar-refractivity contribution in [1.82, 2.24) is 10.2 Å². The van der Waals surface area contributed by atoms with Gasteiger partial charge in [-0.3, -0.25) is 4.90 Å². The number of halogens is 2. The van der Waals surface area contributed by atoms with E-state index in [1.54, 1.807) is 6.07 Å². The molecule has 1 aliphatic carbocycles. The molecule has 0 amide bonds. The number of hydrogen-bond donors (Lipinski definition) is 2. The van der Waals surface area contributed by atoms with Crippen molar-refractivity contribution in [2.45, 2.75) is 50.7 Å². The lowest BCUT2D eigenvalue weighted by Gasteiger charge is -2.31. The molecule has 2 N–H and O–H groups in total. The molecule has 1 aromatic carbocycles. The van der Waals surface area contributed by atoms with Crippen molar-refractivity contribution in [2.24, 2.45) is 0 Å². The average molecular weight is 329 g/mol. The number of phenols is 1. The molecule has 1 unspecified atom stereocenters. The van der Waals surface area contributed by atoms with E-state index in [9.17, 15) is 5.11 Å². The molecule has 1 aromatic rings. The Morgan fingerprint density at radius 1 is 1.19 bits per heavy atom. The van der Waals surface area contributed by atoms with Crippen LogP contribution in [0.4, 0.5) is 0 Å². The standard InChI is InChI=1S/C16H22Cl2N2O/c17-12-7-11(16(21)15(18)8-12)9-20(14-4-5-14)10-13-3-1-2-6-19-13/h7-8,13-14,19,21H,1-6,9-10H2. The van der Waals surface area contributed by atoms with Crippen LogP contribution in [0.3, 0.4) is 0 Å². The number of nitrogens with zero attached hydrogens (tertiary/aromatic N) is 1. The molecular weight excluding hydrogens is 307 g/mol.